The Labute approximate surface area is 216 Å². The van der Waals surface area contributed by atoms with Crippen LogP contribution in [0.4, 0.5) is 0 Å². The highest BCUT2D eigenvalue weighted by Gasteiger charge is 2.15. The molecule has 0 N–H and O–H groups in total. The van der Waals surface area contributed by atoms with E-state index in [2.05, 4.69) is 21.0 Å². The van der Waals surface area contributed by atoms with E-state index in [1.807, 2.05) is 91.0 Å². The molecule has 0 bridgehead atoms. The summed E-state index contributed by atoms with van der Waals surface area (Å²) in [5, 5.41) is 5.08. The number of halogens is 1. The molecule has 178 valence electrons. The van der Waals surface area contributed by atoms with Crippen molar-refractivity contribution >= 4 is 33.0 Å². The van der Waals surface area contributed by atoms with Gasteiger partial charge in [-0.15, -0.1) is 0 Å². The second-order valence-corrected chi connectivity index (χ2v) is 8.90. The number of hydrogen-bond donors (Lipinski definition) is 0. The third-order valence-electron chi connectivity index (χ3n) is 5.59. The molecule has 0 atom stereocenters. The first kappa shape index (κ1) is 23.5. The maximum absolute atomic E-state index is 13.5. The average Bonchev–Trinajstić information content (AvgIpc) is 2.92. The molecule has 36 heavy (non-hydrogen) atoms. The van der Waals surface area contributed by atoms with Crippen LogP contribution >= 0.6 is 15.9 Å². The molecule has 1 aromatic heterocycles. The van der Waals surface area contributed by atoms with Gasteiger partial charge in [0.25, 0.3) is 5.56 Å². The fourth-order valence-corrected chi connectivity index (χ4v) is 4.30. The highest BCUT2D eigenvalue weighted by Crippen LogP contribution is 2.34. The summed E-state index contributed by atoms with van der Waals surface area (Å²) in [4.78, 5) is 18.2. The summed E-state index contributed by atoms with van der Waals surface area (Å²) in [6.45, 7) is 0.354. The predicted molar refractivity (Wildman–Crippen MR) is 146 cm³/mol. The number of fused-ring (bicyclic) bond motifs is 1. The second-order valence-electron chi connectivity index (χ2n) is 7.98. The van der Waals surface area contributed by atoms with E-state index in [1.54, 1.807) is 19.4 Å². The highest BCUT2D eigenvalue weighted by molar-refractivity contribution is 9.10. The Morgan fingerprint density at radius 2 is 1.64 bits per heavy atom. The van der Waals surface area contributed by atoms with Gasteiger partial charge in [-0.2, -0.15) is 9.78 Å². The van der Waals surface area contributed by atoms with Crippen LogP contribution in [-0.4, -0.2) is 23.0 Å². The maximum atomic E-state index is 13.5. The molecule has 0 saturated carbocycles. The van der Waals surface area contributed by atoms with Crippen molar-refractivity contribution in [2.75, 3.05) is 7.11 Å². The van der Waals surface area contributed by atoms with E-state index in [0.29, 0.717) is 40.4 Å². The van der Waals surface area contributed by atoms with Gasteiger partial charge in [0.15, 0.2) is 17.3 Å². The molecule has 1 heterocycles. The Hall–Kier alpha value is -4.23. The van der Waals surface area contributed by atoms with Crippen LogP contribution < -0.4 is 15.0 Å². The van der Waals surface area contributed by atoms with Gasteiger partial charge in [-0.25, -0.2) is 4.98 Å². The lowest BCUT2D eigenvalue weighted by Crippen LogP contribution is -2.20. The first-order chi connectivity index (χ1) is 17.6. The van der Waals surface area contributed by atoms with Crippen LogP contribution in [0.1, 0.15) is 11.1 Å². The lowest BCUT2D eigenvalue weighted by molar-refractivity contribution is 0.284. The normalized spacial score (nSPS) is 11.2. The quantitative estimate of drug-likeness (QED) is 0.228. The summed E-state index contributed by atoms with van der Waals surface area (Å²) in [6, 6.07) is 30.3. The predicted octanol–water partition coefficient (Wildman–Crippen LogP) is 6.30. The Kier molecular flexibility index (Phi) is 6.91. The molecular weight excluding hydrogens is 518 g/mol. The summed E-state index contributed by atoms with van der Waals surface area (Å²) in [7, 11) is 1.59. The van der Waals surface area contributed by atoms with Crippen molar-refractivity contribution < 1.29 is 9.47 Å². The average molecular weight is 540 g/mol. The fourth-order valence-electron chi connectivity index (χ4n) is 3.85. The number of aromatic nitrogens is 2. The number of benzene rings is 4. The van der Waals surface area contributed by atoms with Crippen molar-refractivity contribution in [3.63, 3.8) is 0 Å². The van der Waals surface area contributed by atoms with Gasteiger partial charge in [0, 0.05) is 15.6 Å². The van der Waals surface area contributed by atoms with Crippen LogP contribution in [0.15, 0.2) is 111 Å². The molecule has 5 rings (SSSR count). The molecule has 0 fully saturated rings. The van der Waals surface area contributed by atoms with Crippen molar-refractivity contribution in [3.05, 3.63) is 123 Å². The molecule has 0 radical (unpaired) electrons. The number of ether oxygens (including phenoxy) is 2. The smallest absolute Gasteiger partial charge is 0.282 e. The lowest BCUT2D eigenvalue weighted by Gasteiger charge is -2.14. The van der Waals surface area contributed by atoms with Crippen molar-refractivity contribution in [1.82, 2.24) is 9.66 Å². The van der Waals surface area contributed by atoms with Gasteiger partial charge in [-0.05, 0) is 29.8 Å². The molecule has 0 spiro atoms. The molecule has 0 unspecified atom stereocenters. The maximum Gasteiger partial charge on any atom is 0.282 e. The number of rotatable bonds is 7. The highest BCUT2D eigenvalue weighted by atomic mass is 79.9. The van der Waals surface area contributed by atoms with Crippen LogP contribution in [-0.2, 0) is 6.61 Å². The van der Waals surface area contributed by atoms with Crippen LogP contribution in [0.25, 0.3) is 22.3 Å². The molecule has 6 nitrogen and oxygen atoms in total. The minimum Gasteiger partial charge on any atom is -0.493 e. The molecule has 0 aliphatic heterocycles. The van der Waals surface area contributed by atoms with Crippen LogP contribution in [0.5, 0.6) is 11.5 Å². The van der Waals surface area contributed by atoms with Gasteiger partial charge in [-0.3, -0.25) is 4.79 Å². The van der Waals surface area contributed by atoms with E-state index in [1.165, 1.54) is 4.68 Å². The third-order valence-corrected chi connectivity index (χ3v) is 6.05. The third kappa shape index (κ3) is 4.92. The van der Waals surface area contributed by atoms with Gasteiger partial charge in [0.05, 0.1) is 24.2 Å². The molecule has 0 aliphatic rings. The van der Waals surface area contributed by atoms with Gasteiger partial charge in [0.2, 0.25) is 0 Å². The lowest BCUT2D eigenvalue weighted by atomic mass is 10.2. The van der Waals surface area contributed by atoms with Crippen LogP contribution in [0.2, 0.25) is 0 Å². The Morgan fingerprint density at radius 1 is 0.944 bits per heavy atom. The molecule has 0 aliphatic carbocycles. The van der Waals surface area contributed by atoms with Gasteiger partial charge in [-0.1, -0.05) is 88.7 Å². The molecule has 5 aromatic rings. The standard InChI is InChI=1S/C29H22BrN3O3/c1-35-26-17-23(30)16-22(27(26)36-19-20-10-4-2-5-11-20)18-31-33-28(21-12-6-3-7-13-21)32-25-15-9-8-14-24(25)29(33)34/h2-18H,19H2,1H3. The van der Waals surface area contributed by atoms with Gasteiger partial charge >= 0.3 is 0 Å². The van der Waals surface area contributed by atoms with Gasteiger partial charge in [0.1, 0.15) is 6.61 Å². The van der Waals surface area contributed by atoms with Crippen molar-refractivity contribution in [2.45, 2.75) is 6.61 Å². The molecule has 7 heteroatoms. The van der Waals surface area contributed by atoms with Crippen LogP contribution in [0.3, 0.4) is 0 Å². The van der Waals surface area contributed by atoms with E-state index in [0.717, 1.165) is 15.6 Å². The topological polar surface area (TPSA) is 65.7 Å². The SMILES string of the molecule is COc1cc(Br)cc(C=Nn2c(-c3ccccc3)nc3ccccc3c2=O)c1OCc1ccccc1. The van der Waals surface area contributed by atoms with Crippen molar-refractivity contribution in [2.24, 2.45) is 5.10 Å². The van der Waals surface area contributed by atoms with Gasteiger partial charge < -0.3 is 9.47 Å². The molecular formula is C29H22BrN3O3. The zero-order valence-corrected chi connectivity index (χ0v) is 21.1. The summed E-state index contributed by atoms with van der Waals surface area (Å²) in [6.07, 6.45) is 1.60. The Bertz CT molecular complexity index is 1600. The first-order valence-electron chi connectivity index (χ1n) is 11.3. The van der Waals surface area contributed by atoms with E-state index < -0.39 is 0 Å². The number of methoxy groups -OCH3 is 1. The molecule has 0 saturated heterocycles. The summed E-state index contributed by atoms with van der Waals surface area (Å²) in [5.74, 6) is 1.52. The number of hydrogen-bond acceptors (Lipinski definition) is 5. The second kappa shape index (κ2) is 10.6. The van der Waals surface area contributed by atoms with Crippen molar-refractivity contribution in [3.8, 4) is 22.9 Å². The fraction of sp³-hybridized carbons (Fsp3) is 0.0690. The Balaban J connectivity index is 1.62. The Morgan fingerprint density at radius 3 is 2.39 bits per heavy atom. The summed E-state index contributed by atoms with van der Waals surface area (Å²) < 4.78 is 13.9. The largest absolute Gasteiger partial charge is 0.493 e. The zero-order chi connectivity index (χ0) is 24.9. The summed E-state index contributed by atoms with van der Waals surface area (Å²) >= 11 is 3.53. The monoisotopic (exact) mass is 539 g/mol. The van der Waals surface area contributed by atoms with E-state index in [4.69, 9.17) is 14.5 Å². The molecule has 4 aromatic carbocycles. The van der Waals surface area contributed by atoms with Crippen molar-refractivity contribution in [1.29, 1.82) is 0 Å². The van der Waals surface area contributed by atoms with Crippen LogP contribution in [0, 0.1) is 0 Å². The number of nitrogens with zero attached hydrogens (tertiary/aromatic N) is 3. The van der Waals surface area contributed by atoms with E-state index in [-0.39, 0.29) is 5.56 Å². The van der Waals surface area contributed by atoms with E-state index >= 15 is 0 Å². The molecule has 0 amide bonds. The minimum atomic E-state index is -0.260. The first-order valence-corrected chi connectivity index (χ1v) is 12.1. The zero-order valence-electron chi connectivity index (χ0n) is 19.5. The minimum absolute atomic E-state index is 0.260. The van der Waals surface area contributed by atoms with E-state index in [9.17, 15) is 4.79 Å². The number of para-hydroxylation sites is 1. The summed E-state index contributed by atoms with van der Waals surface area (Å²) in [5.41, 5.74) is 2.81.